The Hall–Kier alpha value is -1.57. The molecule has 2 rings (SSSR count). The van der Waals surface area contributed by atoms with Crippen LogP contribution >= 0.6 is 0 Å². The monoisotopic (exact) mass is 386 g/mol. The molecule has 0 N–H and O–H groups in total. The number of carbonyl (C=O) groups excluding carboxylic acids is 1. The van der Waals surface area contributed by atoms with Gasteiger partial charge in [-0.25, -0.2) is 0 Å². The standard InChI is InChI=1S/C23H36O2.C3H6/c1-22(2,3)16-20(23(4,5)6)17-12-14-19(15-13-17)25-21(24)18-10-8-7-9-11-18;1-3-2/h12-15,18,20H,7-11,16H2,1-6H3;3H,1H2,2H3. The van der Waals surface area contributed by atoms with E-state index in [1.807, 2.05) is 19.1 Å². The SMILES string of the molecule is C=CC.CC(C)(C)CC(c1ccc(OC(=O)C2CCCCC2)cc1)C(C)(C)C. The van der Waals surface area contributed by atoms with Crippen molar-refractivity contribution in [2.24, 2.45) is 16.7 Å². The topological polar surface area (TPSA) is 26.3 Å². The third-order valence-corrected chi connectivity index (χ3v) is 5.30. The quantitative estimate of drug-likeness (QED) is 0.298. The maximum atomic E-state index is 12.3. The lowest BCUT2D eigenvalue weighted by molar-refractivity contribution is -0.139. The van der Waals surface area contributed by atoms with Gasteiger partial charge in [-0.2, -0.15) is 0 Å². The highest BCUT2D eigenvalue weighted by Gasteiger charge is 2.30. The molecule has 0 bridgehead atoms. The van der Waals surface area contributed by atoms with Crippen molar-refractivity contribution in [2.45, 2.75) is 92.9 Å². The Kier molecular flexibility index (Phi) is 9.47. The maximum absolute atomic E-state index is 12.3. The van der Waals surface area contributed by atoms with E-state index in [1.54, 1.807) is 6.08 Å². The van der Waals surface area contributed by atoms with E-state index in [-0.39, 0.29) is 22.7 Å². The summed E-state index contributed by atoms with van der Waals surface area (Å²) in [5.41, 5.74) is 1.82. The molecule has 0 spiro atoms. The van der Waals surface area contributed by atoms with Gasteiger partial charge >= 0.3 is 5.97 Å². The van der Waals surface area contributed by atoms with Gasteiger partial charge in [0.15, 0.2) is 0 Å². The van der Waals surface area contributed by atoms with Crippen molar-refractivity contribution in [1.29, 1.82) is 0 Å². The lowest BCUT2D eigenvalue weighted by Crippen LogP contribution is -2.24. The highest BCUT2D eigenvalue weighted by atomic mass is 16.5. The molecule has 1 saturated carbocycles. The molecule has 28 heavy (non-hydrogen) atoms. The van der Waals surface area contributed by atoms with Crippen molar-refractivity contribution in [3.63, 3.8) is 0 Å². The van der Waals surface area contributed by atoms with Crippen LogP contribution in [-0.2, 0) is 4.79 Å². The summed E-state index contributed by atoms with van der Waals surface area (Å²) in [5, 5.41) is 0. The van der Waals surface area contributed by atoms with E-state index in [0.717, 1.165) is 32.1 Å². The molecule has 1 aromatic rings. The molecule has 0 aliphatic heterocycles. The van der Waals surface area contributed by atoms with Gasteiger partial charge in [0.2, 0.25) is 0 Å². The minimum Gasteiger partial charge on any atom is -0.426 e. The highest BCUT2D eigenvalue weighted by Crippen LogP contribution is 2.43. The van der Waals surface area contributed by atoms with E-state index in [9.17, 15) is 4.79 Å². The van der Waals surface area contributed by atoms with E-state index in [0.29, 0.717) is 11.7 Å². The first-order chi connectivity index (χ1) is 13.0. The molecule has 0 saturated heterocycles. The number of hydrogen-bond donors (Lipinski definition) is 0. The second kappa shape index (κ2) is 10.8. The minimum absolute atomic E-state index is 0.0467. The number of rotatable bonds is 4. The molecule has 1 aromatic carbocycles. The smallest absolute Gasteiger partial charge is 0.314 e. The molecule has 0 radical (unpaired) electrons. The Labute approximate surface area is 173 Å². The van der Waals surface area contributed by atoms with Crippen LogP contribution in [0.4, 0.5) is 0 Å². The van der Waals surface area contributed by atoms with E-state index in [4.69, 9.17) is 4.74 Å². The molecule has 158 valence electrons. The minimum atomic E-state index is -0.0467. The van der Waals surface area contributed by atoms with Gasteiger partial charge in [0.1, 0.15) is 5.75 Å². The van der Waals surface area contributed by atoms with E-state index in [1.165, 1.54) is 12.0 Å². The number of esters is 1. The Morgan fingerprint density at radius 2 is 1.57 bits per heavy atom. The number of allylic oxidation sites excluding steroid dienone is 1. The van der Waals surface area contributed by atoms with Crippen LogP contribution in [0.25, 0.3) is 0 Å². The maximum Gasteiger partial charge on any atom is 0.314 e. The van der Waals surface area contributed by atoms with Gasteiger partial charge in [-0.15, -0.1) is 6.58 Å². The van der Waals surface area contributed by atoms with Crippen molar-refractivity contribution < 1.29 is 9.53 Å². The highest BCUT2D eigenvalue weighted by molar-refractivity contribution is 5.75. The molecule has 1 aliphatic carbocycles. The third-order valence-electron chi connectivity index (χ3n) is 5.30. The second-order valence-corrected chi connectivity index (χ2v) is 10.4. The molecule has 0 heterocycles. The molecule has 0 amide bonds. The van der Waals surface area contributed by atoms with E-state index >= 15 is 0 Å². The Bertz CT molecular complexity index is 593. The van der Waals surface area contributed by atoms with Gasteiger partial charge in [-0.05, 0) is 60.6 Å². The first-order valence-electron chi connectivity index (χ1n) is 10.9. The summed E-state index contributed by atoms with van der Waals surface area (Å²) in [6, 6.07) is 8.23. The molecule has 0 aromatic heterocycles. The lowest BCUT2D eigenvalue weighted by Gasteiger charge is -2.36. The zero-order valence-electron chi connectivity index (χ0n) is 19.3. The molecular formula is C26H42O2. The van der Waals surface area contributed by atoms with Crippen LogP contribution in [0.3, 0.4) is 0 Å². The third kappa shape index (κ3) is 8.63. The fourth-order valence-electron chi connectivity index (χ4n) is 3.84. The van der Waals surface area contributed by atoms with Crippen LogP contribution in [0.2, 0.25) is 0 Å². The number of hydrogen-bond acceptors (Lipinski definition) is 2. The fourth-order valence-corrected chi connectivity index (χ4v) is 3.84. The number of ether oxygens (including phenoxy) is 1. The largest absolute Gasteiger partial charge is 0.426 e. The van der Waals surface area contributed by atoms with Crippen molar-refractivity contribution in [3.8, 4) is 5.75 Å². The summed E-state index contributed by atoms with van der Waals surface area (Å²) < 4.78 is 5.64. The van der Waals surface area contributed by atoms with Crippen LogP contribution in [-0.4, -0.2) is 5.97 Å². The number of benzene rings is 1. The average molecular weight is 387 g/mol. The van der Waals surface area contributed by atoms with Crippen LogP contribution in [0.1, 0.15) is 98.5 Å². The molecular weight excluding hydrogens is 344 g/mol. The van der Waals surface area contributed by atoms with Gasteiger partial charge in [0, 0.05) is 0 Å². The molecule has 1 aliphatic rings. The van der Waals surface area contributed by atoms with Crippen molar-refractivity contribution in [1.82, 2.24) is 0 Å². The van der Waals surface area contributed by atoms with E-state index < -0.39 is 0 Å². The predicted molar refractivity (Wildman–Crippen MR) is 121 cm³/mol. The van der Waals surface area contributed by atoms with Crippen LogP contribution < -0.4 is 4.74 Å². The normalized spacial score (nSPS) is 16.5. The summed E-state index contributed by atoms with van der Waals surface area (Å²) in [6.07, 6.45) is 8.40. The predicted octanol–water partition coefficient (Wildman–Crippen LogP) is 7.93. The molecule has 2 nitrogen and oxygen atoms in total. The van der Waals surface area contributed by atoms with Crippen LogP contribution in [0, 0.1) is 16.7 Å². The second-order valence-electron chi connectivity index (χ2n) is 10.4. The lowest BCUT2D eigenvalue weighted by atomic mass is 9.69. The zero-order valence-corrected chi connectivity index (χ0v) is 19.3. The Morgan fingerprint density at radius 3 is 2.00 bits per heavy atom. The Balaban J connectivity index is 0.00000122. The summed E-state index contributed by atoms with van der Waals surface area (Å²) >= 11 is 0. The van der Waals surface area contributed by atoms with Gasteiger partial charge in [0.25, 0.3) is 0 Å². The van der Waals surface area contributed by atoms with Gasteiger partial charge in [-0.3, -0.25) is 4.79 Å². The molecule has 2 heteroatoms. The van der Waals surface area contributed by atoms with Crippen LogP contribution in [0.15, 0.2) is 36.9 Å². The van der Waals surface area contributed by atoms with Gasteiger partial charge < -0.3 is 4.74 Å². The van der Waals surface area contributed by atoms with E-state index in [2.05, 4.69) is 60.3 Å². The fraction of sp³-hybridized carbons (Fsp3) is 0.654. The first kappa shape index (κ1) is 24.5. The van der Waals surface area contributed by atoms with Crippen molar-refractivity contribution in [3.05, 3.63) is 42.5 Å². The number of carbonyl (C=O) groups is 1. The van der Waals surface area contributed by atoms with Gasteiger partial charge in [0.05, 0.1) is 5.92 Å². The summed E-state index contributed by atoms with van der Waals surface area (Å²) in [4.78, 5) is 12.3. The summed E-state index contributed by atoms with van der Waals surface area (Å²) in [7, 11) is 0. The summed E-state index contributed by atoms with van der Waals surface area (Å²) in [5.74, 6) is 1.21. The van der Waals surface area contributed by atoms with Gasteiger partial charge in [-0.1, -0.05) is 79.0 Å². The molecule has 1 fully saturated rings. The van der Waals surface area contributed by atoms with Crippen molar-refractivity contribution >= 4 is 5.97 Å². The first-order valence-corrected chi connectivity index (χ1v) is 10.9. The Morgan fingerprint density at radius 1 is 1.07 bits per heavy atom. The molecule has 1 unspecified atom stereocenters. The van der Waals surface area contributed by atoms with Crippen molar-refractivity contribution in [2.75, 3.05) is 0 Å². The average Bonchev–Trinajstić information content (AvgIpc) is 2.60. The summed E-state index contributed by atoms with van der Waals surface area (Å²) in [6.45, 7) is 19.1. The van der Waals surface area contributed by atoms with Crippen LogP contribution in [0.5, 0.6) is 5.75 Å². The zero-order chi connectivity index (χ0) is 21.4. The molecule has 1 atom stereocenters.